The van der Waals surface area contributed by atoms with Crippen molar-refractivity contribution in [1.82, 2.24) is 5.32 Å². The van der Waals surface area contributed by atoms with Crippen molar-refractivity contribution in [2.24, 2.45) is 5.41 Å². The third-order valence-corrected chi connectivity index (χ3v) is 2.72. The van der Waals surface area contributed by atoms with Gasteiger partial charge in [-0.05, 0) is 19.4 Å². The van der Waals surface area contributed by atoms with E-state index in [1.165, 1.54) is 19.3 Å². The summed E-state index contributed by atoms with van der Waals surface area (Å²) in [4.78, 5) is 0. The fraction of sp³-hybridized carbons (Fsp3) is 1.00. The highest BCUT2D eigenvalue weighted by molar-refractivity contribution is 4.84. The Balaban J connectivity index is 2.35. The van der Waals surface area contributed by atoms with Gasteiger partial charge in [0.1, 0.15) is 0 Å². The Morgan fingerprint density at radius 1 is 1.42 bits per heavy atom. The van der Waals surface area contributed by atoms with Gasteiger partial charge in [-0.25, -0.2) is 0 Å². The standard InChI is InChI=1S/C10H21NO/c1-3-5-10(8-11-4-2)6-7-12-9-10/h11H,3-9H2,1-2H3. The van der Waals surface area contributed by atoms with E-state index in [2.05, 4.69) is 19.2 Å². The van der Waals surface area contributed by atoms with Gasteiger partial charge in [-0.3, -0.25) is 0 Å². The van der Waals surface area contributed by atoms with Crippen LogP contribution in [0.1, 0.15) is 33.1 Å². The number of ether oxygens (including phenoxy) is 1. The van der Waals surface area contributed by atoms with Crippen LogP contribution in [0, 0.1) is 5.41 Å². The van der Waals surface area contributed by atoms with Crippen molar-refractivity contribution in [2.75, 3.05) is 26.3 Å². The minimum absolute atomic E-state index is 0.463. The zero-order valence-electron chi connectivity index (χ0n) is 8.36. The van der Waals surface area contributed by atoms with E-state index in [0.717, 1.165) is 26.3 Å². The molecule has 1 aliphatic rings. The summed E-state index contributed by atoms with van der Waals surface area (Å²) in [5, 5.41) is 3.44. The monoisotopic (exact) mass is 171 g/mol. The first-order valence-corrected chi connectivity index (χ1v) is 5.11. The van der Waals surface area contributed by atoms with Crippen molar-refractivity contribution < 1.29 is 4.74 Å². The third-order valence-electron chi connectivity index (χ3n) is 2.72. The van der Waals surface area contributed by atoms with Crippen LogP contribution in [0.5, 0.6) is 0 Å². The Hall–Kier alpha value is -0.0800. The lowest BCUT2D eigenvalue weighted by Crippen LogP contribution is -2.34. The van der Waals surface area contributed by atoms with E-state index in [4.69, 9.17) is 4.74 Å². The van der Waals surface area contributed by atoms with Crippen LogP contribution in [0.2, 0.25) is 0 Å². The maximum absolute atomic E-state index is 5.47. The van der Waals surface area contributed by atoms with Gasteiger partial charge < -0.3 is 10.1 Å². The van der Waals surface area contributed by atoms with E-state index < -0.39 is 0 Å². The van der Waals surface area contributed by atoms with E-state index in [1.54, 1.807) is 0 Å². The van der Waals surface area contributed by atoms with Gasteiger partial charge in [-0.1, -0.05) is 20.3 Å². The first-order chi connectivity index (χ1) is 5.83. The first-order valence-electron chi connectivity index (χ1n) is 5.11. The predicted octanol–water partition coefficient (Wildman–Crippen LogP) is 1.80. The molecule has 1 fully saturated rings. The Labute approximate surface area is 75.7 Å². The molecule has 1 unspecified atom stereocenters. The van der Waals surface area contributed by atoms with Crippen LogP contribution in [0.25, 0.3) is 0 Å². The van der Waals surface area contributed by atoms with Gasteiger partial charge in [0.2, 0.25) is 0 Å². The third kappa shape index (κ3) is 2.46. The van der Waals surface area contributed by atoms with E-state index in [0.29, 0.717) is 5.41 Å². The lowest BCUT2D eigenvalue weighted by Gasteiger charge is -2.26. The van der Waals surface area contributed by atoms with Crippen LogP contribution in [-0.4, -0.2) is 26.3 Å². The Bertz CT molecular complexity index is 119. The molecule has 0 aromatic carbocycles. The maximum Gasteiger partial charge on any atom is 0.0535 e. The zero-order chi connectivity index (χ0) is 8.86. The molecule has 0 saturated carbocycles. The van der Waals surface area contributed by atoms with Gasteiger partial charge in [0, 0.05) is 18.6 Å². The second-order valence-electron chi connectivity index (χ2n) is 3.83. The smallest absolute Gasteiger partial charge is 0.0535 e. The lowest BCUT2D eigenvalue weighted by molar-refractivity contribution is 0.144. The van der Waals surface area contributed by atoms with Crippen molar-refractivity contribution >= 4 is 0 Å². The highest BCUT2D eigenvalue weighted by Gasteiger charge is 2.33. The second-order valence-corrected chi connectivity index (χ2v) is 3.83. The zero-order valence-corrected chi connectivity index (χ0v) is 8.36. The first kappa shape index (κ1) is 10.0. The second kappa shape index (κ2) is 4.83. The molecule has 1 aliphatic heterocycles. The van der Waals surface area contributed by atoms with Crippen molar-refractivity contribution in [3.63, 3.8) is 0 Å². The summed E-state index contributed by atoms with van der Waals surface area (Å²) in [5.74, 6) is 0. The molecule has 1 atom stereocenters. The van der Waals surface area contributed by atoms with Gasteiger partial charge >= 0.3 is 0 Å². The van der Waals surface area contributed by atoms with Gasteiger partial charge in [-0.15, -0.1) is 0 Å². The molecule has 0 aromatic heterocycles. The number of nitrogens with one attached hydrogen (secondary N) is 1. The summed E-state index contributed by atoms with van der Waals surface area (Å²) in [5.41, 5.74) is 0.463. The molecule has 0 amide bonds. The summed E-state index contributed by atoms with van der Waals surface area (Å²) in [6.07, 6.45) is 3.82. The Kier molecular flexibility index (Phi) is 4.02. The highest BCUT2D eigenvalue weighted by atomic mass is 16.5. The summed E-state index contributed by atoms with van der Waals surface area (Å²) < 4.78 is 5.47. The van der Waals surface area contributed by atoms with Crippen LogP contribution in [0.4, 0.5) is 0 Å². The van der Waals surface area contributed by atoms with Crippen molar-refractivity contribution in [3.8, 4) is 0 Å². The van der Waals surface area contributed by atoms with E-state index >= 15 is 0 Å². The lowest BCUT2D eigenvalue weighted by atomic mass is 9.83. The molecule has 0 radical (unpaired) electrons. The largest absolute Gasteiger partial charge is 0.381 e. The van der Waals surface area contributed by atoms with Gasteiger partial charge in [0.15, 0.2) is 0 Å². The predicted molar refractivity (Wildman–Crippen MR) is 51.3 cm³/mol. The van der Waals surface area contributed by atoms with Crippen molar-refractivity contribution in [1.29, 1.82) is 0 Å². The van der Waals surface area contributed by atoms with Gasteiger partial charge in [0.25, 0.3) is 0 Å². The Morgan fingerprint density at radius 2 is 2.25 bits per heavy atom. The summed E-state index contributed by atoms with van der Waals surface area (Å²) in [6.45, 7) is 8.56. The molecule has 1 saturated heterocycles. The SMILES string of the molecule is CCCC1(CNCC)CCOC1. The molecule has 1 N–H and O–H groups in total. The van der Waals surface area contributed by atoms with Crippen LogP contribution >= 0.6 is 0 Å². The number of rotatable bonds is 5. The maximum atomic E-state index is 5.47. The molecule has 2 heteroatoms. The quantitative estimate of drug-likeness (QED) is 0.681. The molecule has 0 aromatic rings. The van der Waals surface area contributed by atoms with E-state index in [-0.39, 0.29) is 0 Å². The summed E-state index contributed by atoms with van der Waals surface area (Å²) in [6, 6.07) is 0. The van der Waals surface area contributed by atoms with Gasteiger partial charge in [0.05, 0.1) is 6.61 Å². The van der Waals surface area contributed by atoms with Gasteiger partial charge in [-0.2, -0.15) is 0 Å². The summed E-state index contributed by atoms with van der Waals surface area (Å²) >= 11 is 0. The molecule has 72 valence electrons. The molecule has 0 bridgehead atoms. The van der Waals surface area contributed by atoms with E-state index in [9.17, 15) is 0 Å². The minimum atomic E-state index is 0.463. The Morgan fingerprint density at radius 3 is 2.75 bits per heavy atom. The number of hydrogen-bond acceptors (Lipinski definition) is 2. The average molecular weight is 171 g/mol. The molecule has 0 spiro atoms. The number of hydrogen-bond donors (Lipinski definition) is 1. The average Bonchev–Trinajstić information content (AvgIpc) is 2.51. The summed E-state index contributed by atoms with van der Waals surface area (Å²) in [7, 11) is 0. The van der Waals surface area contributed by atoms with Crippen molar-refractivity contribution in [3.05, 3.63) is 0 Å². The van der Waals surface area contributed by atoms with Crippen LogP contribution in [0.3, 0.4) is 0 Å². The van der Waals surface area contributed by atoms with Crippen LogP contribution < -0.4 is 5.32 Å². The normalized spacial score (nSPS) is 29.5. The molecule has 12 heavy (non-hydrogen) atoms. The van der Waals surface area contributed by atoms with Crippen LogP contribution in [0.15, 0.2) is 0 Å². The highest BCUT2D eigenvalue weighted by Crippen LogP contribution is 2.32. The molecule has 1 heterocycles. The molecular formula is C10H21NO. The molecule has 1 rings (SSSR count). The molecule has 2 nitrogen and oxygen atoms in total. The fourth-order valence-electron chi connectivity index (χ4n) is 1.99. The molecular weight excluding hydrogens is 150 g/mol. The van der Waals surface area contributed by atoms with E-state index in [1.807, 2.05) is 0 Å². The topological polar surface area (TPSA) is 21.3 Å². The van der Waals surface area contributed by atoms with Crippen molar-refractivity contribution in [2.45, 2.75) is 33.1 Å². The van der Waals surface area contributed by atoms with Crippen LogP contribution in [-0.2, 0) is 4.74 Å². The minimum Gasteiger partial charge on any atom is -0.381 e. The fourth-order valence-corrected chi connectivity index (χ4v) is 1.99. The molecule has 0 aliphatic carbocycles.